The van der Waals surface area contributed by atoms with Crippen molar-refractivity contribution in [1.29, 1.82) is 5.26 Å². The molecule has 0 aromatic rings. The van der Waals surface area contributed by atoms with Crippen LogP contribution in [0.3, 0.4) is 0 Å². The van der Waals surface area contributed by atoms with Gasteiger partial charge < -0.3 is 5.32 Å². The predicted molar refractivity (Wildman–Crippen MR) is 25.4 cm³/mol. The van der Waals surface area contributed by atoms with Gasteiger partial charge in [0.25, 0.3) is 0 Å². The number of rotatable bonds is 0. The second kappa shape index (κ2) is 1.92. The Hall–Kier alpha value is -0.590. The van der Waals surface area contributed by atoms with Gasteiger partial charge in [-0.15, -0.1) is 0 Å². The van der Waals surface area contributed by atoms with Crippen LogP contribution in [0.25, 0.3) is 0 Å². The zero-order valence-corrected chi connectivity index (χ0v) is 3.94. The van der Waals surface area contributed by atoms with E-state index in [9.17, 15) is 0 Å². The highest BCUT2D eigenvalue weighted by Gasteiger charge is 2.09. The van der Waals surface area contributed by atoms with Gasteiger partial charge >= 0.3 is 0 Å². The lowest BCUT2D eigenvalue weighted by Gasteiger charge is -1.89. The summed E-state index contributed by atoms with van der Waals surface area (Å²) in [6.07, 6.45) is 0. The fourth-order valence-electron chi connectivity index (χ4n) is 0.575. The van der Waals surface area contributed by atoms with Crippen molar-refractivity contribution in [1.82, 2.24) is 10.6 Å². The molecule has 1 fully saturated rings. The summed E-state index contributed by atoms with van der Waals surface area (Å²) in [5, 5.41) is 14.1. The topological polar surface area (TPSA) is 47.9 Å². The minimum atomic E-state index is 0.0417. The number of nitrogens with zero attached hydrogens (tertiary/aromatic N) is 1. The minimum Gasteiger partial charge on any atom is -0.302 e. The lowest BCUT2D eigenvalue weighted by molar-refractivity contribution is 0.759. The highest BCUT2D eigenvalue weighted by molar-refractivity contribution is 4.94. The van der Waals surface area contributed by atoms with E-state index in [-0.39, 0.29) is 6.04 Å². The molecule has 1 rings (SSSR count). The summed E-state index contributed by atoms with van der Waals surface area (Å²) >= 11 is 0. The molecule has 1 aliphatic rings. The van der Waals surface area contributed by atoms with Crippen molar-refractivity contribution in [3.8, 4) is 6.07 Å². The Bertz CT molecular complexity index is 87.6. The molecular formula is C4H7N3. The van der Waals surface area contributed by atoms with Crippen LogP contribution in [0, 0.1) is 11.3 Å². The fourth-order valence-corrected chi connectivity index (χ4v) is 0.575. The third-order valence-corrected chi connectivity index (χ3v) is 0.978. The second-order valence-corrected chi connectivity index (χ2v) is 1.52. The van der Waals surface area contributed by atoms with Gasteiger partial charge in [0, 0.05) is 13.2 Å². The van der Waals surface area contributed by atoms with Crippen molar-refractivity contribution in [3.05, 3.63) is 0 Å². The van der Waals surface area contributed by atoms with Crippen molar-refractivity contribution in [3.63, 3.8) is 0 Å². The molecular weight excluding hydrogens is 90.1 g/mol. The Morgan fingerprint density at radius 1 is 1.71 bits per heavy atom. The maximum Gasteiger partial charge on any atom is 0.109 e. The van der Waals surface area contributed by atoms with Gasteiger partial charge in [0.15, 0.2) is 0 Å². The van der Waals surface area contributed by atoms with Gasteiger partial charge in [-0.05, 0) is 0 Å². The van der Waals surface area contributed by atoms with E-state index in [1.165, 1.54) is 0 Å². The van der Waals surface area contributed by atoms with Gasteiger partial charge in [0.05, 0.1) is 6.07 Å². The predicted octanol–water partition coefficient (Wildman–Crippen LogP) is -0.971. The van der Waals surface area contributed by atoms with Crippen molar-refractivity contribution >= 4 is 0 Å². The van der Waals surface area contributed by atoms with Crippen LogP contribution >= 0.6 is 0 Å². The number of hydrogen-bond acceptors (Lipinski definition) is 3. The first-order valence-electron chi connectivity index (χ1n) is 2.27. The molecule has 0 bridgehead atoms. The lowest BCUT2D eigenvalue weighted by Crippen LogP contribution is -2.20. The van der Waals surface area contributed by atoms with Gasteiger partial charge in [-0.2, -0.15) is 5.26 Å². The third kappa shape index (κ3) is 0.889. The Morgan fingerprint density at radius 2 is 2.57 bits per heavy atom. The summed E-state index contributed by atoms with van der Waals surface area (Å²) in [7, 11) is 0. The molecule has 38 valence electrons. The molecule has 1 heterocycles. The van der Waals surface area contributed by atoms with Gasteiger partial charge in [0.1, 0.15) is 6.04 Å². The number of hydrogen-bond donors (Lipinski definition) is 2. The van der Waals surface area contributed by atoms with Gasteiger partial charge in [-0.1, -0.05) is 0 Å². The molecule has 2 N–H and O–H groups in total. The average Bonchev–Trinajstić information content (AvgIpc) is 2.14. The molecule has 0 aromatic heterocycles. The van der Waals surface area contributed by atoms with E-state index in [4.69, 9.17) is 5.26 Å². The van der Waals surface area contributed by atoms with Crippen LogP contribution in [0.4, 0.5) is 0 Å². The monoisotopic (exact) mass is 97.1 g/mol. The molecule has 1 saturated heterocycles. The van der Waals surface area contributed by atoms with Crippen molar-refractivity contribution in [2.45, 2.75) is 6.04 Å². The Kier molecular flexibility index (Phi) is 1.25. The van der Waals surface area contributed by atoms with E-state index < -0.39 is 0 Å². The first-order chi connectivity index (χ1) is 3.43. The van der Waals surface area contributed by atoms with Gasteiger partial charge in [-0.25, -0.2) is 0 Å². The molecule has 3 heteroatoms. The molecule has 0 aromatic carbocycles. The standard InChI is InChI=1S/C4H7N3/c5-1-4-2-6-3-7-4/h4,6-7H,2-3H2/t4-/m1/s1. The van der Waals surface area contributed by atoms with Crippen LogP contribution in [0.2, 0.25) is 0 Å². The highest BCUT2D eigenvalue weighted by Crippen LogP contribution is 1.81. The summed E-state index contributed by atoms with van der Waals surface area (Å²) in [5.74, 6) is 0. The van der Waals surface area contributed by atoms with Crippen molar-refractivity contribution in [2.24, 2.45) is 0 Å². The van der Waals surface area contributed by atoms with E-state index in [1.54, 1.807) is 0 Å². The normalized spacial score (nSPS) is 29.9. The van der Waals surface area contributed by atoms with Crippen LogP contribution in [-0.4, -0.2) is 19.3 Å². The van der Waals surface area contributed by atoms with E-state index in [0.29, 0.717) is 0 Å². The van der Waals surface area contributed by atoms with Crippen molar-refractivity contribution < 1.29 is 0 Å². The Labute approximate surface area is 42.3 Å². The van der Waals surface area contributed by atoms with Crippen LogP contribution in [0.15, 0.2) is 0 Å². The molecule has 0 unspecified atom stereocenters. The maximum atomic E-state index is 8.21. The Morgan fingerprint density at radius 3 is 2.86 bits per heavy atom. The summed E-state index contributed by atoms with van der Waals surface area (Å²) < 4.78 is 0. The SMILES string of the molecule is N#C[C@@H]1CNCN1. The molecule has 3 nitrogen and oxygen atoms in total. The number of nitriles is 1. The molecule has 1 aliphatic heterocycles. The van der Waals surface area contributed by atoms with E-state index in [2.05, 4.69) is 16.7 Å². The molecule has 0 aliphatic carbocycles. The Balaban J connectivity index is 2.31. The second-order valence-electron chi connectivity index (χ2n) is 1.52. The highest BCUT2D eigenvalue weighted by atomic mass is 15.2. The van der Waals surface area contributed by atoms with Crippen LogP contribution in [-0.2, 0) is 0 Å². The van der Waals surface area contributed by atoms with Gasteiger partial charge in [-0.3, -0.25) is 5.32 Å². The fraction of sp³-hybridized carbons (Fsp3) is 0.750. The quantitative estimate of drug-likeness (QED) is 0.409. The smallest absolute Gasteiger partial charge is 0.109 e. The van der Waals surface area contributed by atoms with E-state index in [0.717, 1.165) is 13.2 Å². The maximum absolute atomic E-state index is 8.21. The van der Waals surface area contributed by atoms with Gasteiger partial charge in [0.2, 0.25) is 0 Å². The molecule has 7 heavy (non-hydrogen) atoms. The molecule has 0 saturated carbocycles. The molecule has 0 radical (unpaired) electrons. The zero-order chi connectivity index (χ0) is 5.11. The molecule has 0 amide bonds. The largest absolute Gasteiger partial charge is 0.302 e. The summed E-state index contributed by atoms with van der Waals surface area (Å²) in [6.45, 7) is 1.56. The molecule has 0 spiro atoms. The summed E-state index contributed by atoms with van der Waals surface area (Å²) in [4.78, 5) is 0. The van der Waals surface area contributed by atoms with E-state index in [1.807, 2.05) is 0 Å². The number of nitrogens with one attached hydrogen (secondary N) is 2. The van der Waals surface area contributed by atoms with Crippen LogP contribution in [0.5, 0.6) is 0 Å². The summed E-state index contributed by atoms with van der Waals surface area (Å²) in [5.41, 5.74) is 0. The van der Waals surface area contributed by atoms with Crippen LogP contribution < -0.4 is 10.6 Å². The minimum absolute atomic E-state index is 0.0417. The van der Waals surface area contributed by atoms with Crippen LogP contribution in [0.1, 0.15) is 0 Å². The van der Waals surface area contributed by atoms with Crippen molar-refractivity contribution in [2.75, 3.05) is 13.2 Å². The third-order valence-electron chi connectivity index (χ3n) is 0.978. The summed E-state index contributed by atoms with van der Waals surface area (Å²) in [6, 6.07) is 2.13. The lowest BCUT2D eigenvalue weighted by atomic mass is 10.4. The molecule has 1 atom stereocenters. The first-order valence-corrected chi connectivity index (χ1v) is 2.27. The average molecular weight is 97.1 g/mol. The van der Waals surface area contributed by atoms with E-state index >= 15 is 0 Å². The first kappa shape index (κ1) is 4.57. The zero-order valence-electron chi connectivity index (χ0n) is 3.94.